The SMILES string of the molecule is COCCN(CCO)c1nc2ccc(N)cc2[nH]1. The van der Waals surface area contributed by atoms with Crippen molar-refractivity contribution in [2.24, 2.45) is 0 Å². The molecule has 1 aromatic carbocycles. The number of methoxy groups -OCH3 is 1. The lowest BCUT2D eigenvalue weighted by Gasteiger charge is -2.19. The molecule has 0 aliphatic carbocycles. The number of hydrogen-bond donors (Lipinski definition) is 3. The summed E-state index contributed by atoms with van der Waals surface area (Å²) in [5.41, 5.74) is 8.18. The van der Waals surface area contributed by atoms with Crippen LogP contribution in [0.15, 0.2) is 18.2 Å². The van der Waals surface area contributed by atoms with E-state index >= 15 is 0 Å². The Balaban J connectivity index is 2.26. The Labute approximate surface area is 105 Å². The van der Waals surface area contributed by atoms with Gasteiger partial charge in [0.05, 0.1) is 24.2 Å². The van der Waals surface area contributed by atoms with Crippen molar-refractivity contribution in [3.8, 4) is 0 Å². The third kappa shape index (κ3) is 2.72. The van der Waals surface area contributed by atoms with Crippen LogP contribution < -0.4 is 10.6 Å². The highest BCUT2D eigenvalue weighted by molar-refractivity contribution is 5.80. The molecule has 1 heterocycles. The Morgan fingerprint density at radius 1 is 1.44 bits per heavy atom. The number of nitrogens with one attached hydrogen (secondary N) is 1. The number of nitrogens with two attached hydrogens (primary N) is 1. The summed E-state index contributed by atoms with van der Waals surface area (Å²) in [7, 11) is 1.65. The number of nitrogens with zero attached hydrogens (tertiary/aromatic N) is 2. The van der Waals surface area contributed by atoms with E-state index < -0.39 is 0 Å². The van der Waals surface area contributed by atoms with Gasteiger partial charge in [0.15, 0.2) is 0 Å². The van der Waals surface area contributed by atoms with Crippen LogP contribution in [0.2, 0.25) is 0 Å². The first kappa shape index (κ1) is 12.7. The molecule has 6 heteroatoms. The second kappa shape index (κ2) is 5.70. The van der Waals surface area contributed by atoms with E-state index in [4.69, 9.17) is 15.6 Å². The van der Waals surface area contributed by atoms with Crippen molar-refractivity contribution >= 4 is 22.7 Å². The molecule has 0 atom stereocenters. The van der Waals surface area contributed by atoms with Crippen LogP contribution >= 0.6 is 0 Å². The zero-order chi connectivity index (χ0) is 13.0. The van der Waals surface area contributed by atoms with Crippen LogP contribution in [0.3, 0.4) is 0 Å². The van der Waals surface area contributed by atoms with E-state index in [1.165, 1.54) is 0 Å². The van der Waals surface area contributed by atoms with Gasteiger partial charge in [0.1, 0.15) is 0 Å². The lowest BCUT2D eigenvalue weighted by molar-refractivity contribution is 0.202. The Bertz CT molecular complexity index is 512. The minimum Gasteiger partial charge on any atom is -0.399 e. The van der Waals surface area contributed by atoms with Crippen molar-refractivity contribution in [3.63, 3.8) is 0 Å². The molecular formula is C12H18N4O2. The fraction of sp³-hybridized carbons (Fsp3) is 0.417. The summed E-state index contributed by atoms with van der Waals surface area (Å²) in [6, 6.07) is 5.54. The van der Waals surface area contributed by atoms with Gasteiger partial charge < -0.3 is 25.5 Å². The Hall–Kier alpha value is -1.79. The number of aromatic amines is 1. The molecule has 2 aromatic rings. The zero-order valence-electron chi connectivity index (χ0n) is 10.4. The lowest BCUT2D eigenvalue weighted by atomic mass is 10.3. The van der Waals surface area contributed by atoms with Gasteiger partial charge in [-0.05, 0) is 18.2 Å². The normalized spacial score (nSPS) is 11.0. The van der Waals surface area contributed by atoms with Crippen LogP contribution in [0, 0.1) is 0 Å². The molecule has 0 aliphatic rings. The number of H-pyrrole nitrogens is 1. The maximum atomic E-state index is 9.07. The largest absolute Gasteiger partial charge is 0.399 e. The molecule has 0 aliphatic heterocycles. The summed E-state index contributed by atoms with van der Waals surface area (Å²) in [5.74, 6) is 0.724. The van der Waals surface area contributed by atoms with E-state index in [1.807, 2.05) is 23.1 Å². The van der Waals surface area contributed by atoms with Crippen LogP contribution in [0.5, 0.6) is 0 Å². The third-order valence-electron chi connectivity index (χ3n) is 2.73. The van der Waals surface area contributed by atoms with E-state index in [9.17, 15) is 0 Å². The summed E-state index contributed by atoms with van der Waals surface area (Å²) >= 11 is 0. The van der Waals surface area contributed by atoms with Gasteiger partial charge in [-0.25, -0.2) is 4.98 Å². The smallest absolute Gasteiger partial charge is 0.203 e. The summed E-state index contributed by atoms with van der Waals surface area (Å²) in [5, 5.41) is 9.07. The van der Waals surface area contributed by atoms with Crippen LogP contribution in [-0.2, 0) is 4.74 Å². The number of ether oxygens (including phenoxy) is 1. The quantitative estimate of drug-likeness (QED) is 0.653. The highest BCUT2D eigenvalue weighted by Gasteiger charge is 2.10. The van der Waals surface area contributed by atoms with E-state index in [2.05, 4.69) is 9.97 Å². The molecule has 0 spiro atoms. The monoisotopic (exact) mass is 250 g/mol. The van der Waals surface area contributed by atoms with Crippen molar-refractivity contribution in [3.05, 3.63) is 18.2 Å². The van der Waals surface area contributed by atoms with Gasteiger partial charge in [0.2, 0.25) is 5.95 Å². The van der Waals surface area contributed by atoms with Gasteiger partial charge >= 0.3 is 0 Å². The third-order valence-corrected chi connectivity index (χ3v) is 2.73. The molecule has 0 saturated heterocycles. The number of rotatable bonds is 6. The Morgan fingerprint density at radius 2 is 2.28 bits per heavy atom. The fourth-order valence-corrected chi connectivity index (χ4v) is 1.81. The summed E-state index contributed by atoms with van der Waals surface area (Å²) in [6.45, 7) is 1.84. The van der Waals surface area contributed by atoms with Crippen molar-refractivity contribution in [2.75, 3.05) is 44.0 Å². The Kier molecular flexibility index (Phi) is 4.01. The van der Waals surface area contributed by atoms with Gasteiger partial charge in [-0.2, -0.15) is 0 Å². The molecule has 98 valence electrons. The maximum Gasteiger partial charge on any atom is 0.203 e. The summed E-state index contributed by atoms with van der Waals surface area (Å²) in [6.07, 6.45) is 0. The first-order chi connectivity index (χ1) is 8.74. The van der Waals surface area contributed by atoms with Gasteiger partial charge in [0.25, 0.3) is 0 Å². The molecule has 0 bridgehead atoms. The van der Waals surface area contributed by atoms with Crippen LogP contribution in [0.4, 0.5) is 11.6 Å². The molecule has 0 amide bonds. The van der Waals surface area contributed by atoms with Gasteiger partial charge in [-0.3, -0.25) is 0 Å². The molecule has 0 radical (unpaired) electrons. The van der Waals surface area contributed by atoms with Crippen LogP contribution in [-0.4, -0.2) is 48.5 Å². The number of aliphatic hydroxyl groups excluding tert-OH is 1. The number of anilines is 2. The van der Waals surface area contributed by atoms with E-state index in [1.54, 1.807) is 7.11 Å². The molecule has 1 aromatic heterocycles. The number of benzene rings is 1. The molecule has 18 heavy (non-hydrogen) atoms. The minimum atomic E-state index is 0.0723. The summed E-state index contributed by atoms with van der Waals surface area (Å²) in [4.78, 5) is 9.62. The number of aromatic nitrogens is 2. The highest BCUT2D eigenvalue weighted by atomic mass is 16.5. The Morgan fingerprint density at radius 3 is 3.00 bits per heavy atom. The first-order valence-corrected chi connectivity index (χ1v) is 5.84. The van der Waals surface area contributed by atoms with Crippen LogP contribution in [0.25, 0.3) is 11.0 Å². The molecule has 6 nitrogen and oxygen atoms in total. The maximum absolute atomic E-state index is 9.07. The molecule has 0 fully saturated rings. The van der Waals surface area contributed by atoms with Crippen LogP contribution in [0.1, 0.15) is 0 Å². The van der Waals surface area contributed by atoms with Gasteiger partial charge in [-0.15, -0.1) is 0 Å². The van der Waals surface area contributed by atoms with Crippen molar-refractivity contribution < 1.29 is 9.84 Å². The van der Waals surface area contributed by atoms with Crippen molar-refractivity contribution in [1.29, 1.82) is 0 Å². The topological polar surface area (TPSA) is 87.4 Å². The summed E-state index contributed by atoms with van der Waals surface area (Å²) < 4.78 is 5.05. The second-order valence-electron chi connectivity index (χ2n) is 4.04. The predicted octanol–water partition coefficient (Wildman–Crippen LogP) is 0.590. The zero-order valence-corrected chi connectivity index (χ0v) is 10.4. The number of imidazole rings is 1. The second-order valence-corrected chi connectivity index (χ2v) is 4.04. The minimum absolute atomic E-state index is 0.0723. The number of nitrogen functional groups attached to an aromatic ring is 1. The molecule has 2 rings (SSSR count). The lowest BCUT2D eigenvalue weighted by Crippen LogP contribution is -2.31. The van der Waals surface area contributed by atoms with Crippen molar-refractivity contribution in [2.45, 2.75) is 0 Å². The first-order valence-electron chi connectivity index (χ1n) is 5.84. The average Bonchev–Trinajstić information content (AvgIpc) is 2.77. The number of fused-ring (bicyclic) bond motifs is 1. The van der Waals surface area contributed by atoms with E-state index in [0.717, 1.165) is 17.0 Å². The fourth-order valence-electron chi connectivity index (χ4n) is 1.81. The van der Waals surface area contributed by atoms with E-state index in [-0.39, 0.29) is 6.61 Å². The molecule has 0 unspecified atom stereocenters. The van der Waals surface area contributed by atoms with Crippen molar-refractivity contribution in [1.82, 2.24) is 9.97 Å². The molecule has 4 N–H and O–H groups in total. The van der Waals surface area contributed by atoms with E-state index in [0.29, 0.717) is 25.4 Å². The molecular weight excluding hydrogens is 232 g/mol. The average molecular weight is 250 g/mol. The highest BCUT2D eigenvalue weighted by Crippen LogP contribution is 2.19. The number of aliphatic hydroxyl groups is 1. The number of hydrogen-bond acceptors (Lipinski definition) is 5. The standard InChI is InChI=1S/C12H18N4O2/c1-18-7-5-16(4-6-17)12-14-10-3-2-9(13)8-11(10)15-12/h2-3,8,17H,4-7,13H2,1H3,(H,14,15). The molecule has 0 saturated carbocycles. The van der Waals surface area contributed by atoms with Gasteiger partial charge in [0, 0.05) is 25.9 Å². The predicted molar refractivity (Wildman–Crippen MR) is 71.7 cm³/mol. The van der Waals surface area contributed by atoms with Gasteiger partial charge in [-0.1, -0.05) is 0 Å².